The Hall–Kier alpha value is -1.44. The van der Waals surface area contributed by atoms with Crippen LogP contribution in [-0.2, 0) is 14.8 Å². The van der Waals surface area contributed by atoms with Crippen LogP contribution in [0.2, 0.25) is 0 Å². The van der Waals surface area contributed by atoms with Crippen molar-refractivity contribution in [1.29, 1.82) is 0 Å². The van der Waals surface area contributed by atoms with E-state index in [9.17, 15) is 13.2 Å². The van der Waals surface area contributed by atoms with Gasteiger partial charge in [-0.3, -0.25) is 0 Å². The van der Waals surface area contributed by atoms with Crippen LogP contribution in [0, 0.1) is 0 Å². The molecule has 0 radical (unpaired) electrons. The van der Waals surface area contributed by atoms with Gasteiger partial charge in [0.15, 0.2) is 0 Å². The molecule has 6 nitrogen and oxygen atoms in total. The van der Waals surface area contributed by atoms with E-state index >= 15 is 0 Å². The van der Waals surface area contributed by atoms with Crippen molar-refractivity contribution in [3.63, 3.8) is 0 Å². The van der Waals surface area contributed by atoms with Crippen LogP contribution >= 0.6 is 0 Å². The van der Waals surface area contributed by atoms with Gasteiger partial charge in [-0.2, -0.15) is 0 Å². The molecule has 2 aliphatic rings. The van der Waals surface area contributed by atoms with Crippen molar-refractivity contribution in [2.24, 2.45) is 0 Å². The van der Waals surface area contributed by atoms with Crippen LogP contribution in [0.15, 0.2) is 29.2 Å². The summed E-state index contributed by atoms with van der Waals surface area (Å²) in [6, 6.07) is 6.69. The van der Waals surface area contributed by atoms with E-state index in [0.717, 1.165) is 32.0 Å². The van der Waals surface area contributed by atoms with Crippen molar-refractivity contribution in [3.8, 4) is 0 Å². The summed E-state index contributed by atoms with van der Waals surface area (Å²) in [5, 5.41) is 0. The lowest BCUT2D eigenvalue weighted by Crippen LogP contribution is -2.45. The summed E-state index contributed by atoms with van der Waals surface area (Å²) in [6.07, 6.45) is 4.20. The van der Waals surface area contributed by atoms with Gasteiger partial charge in [0.05, 0.1) is 17.1 Å². The Morgan fingerprint density at radius 3 is 2.58 bits per heavy atom. The molecule has 3 rings (SSSR count). The number of hydrogen-bond acceptors (Lipinski definition) is 5. The molecular formula is C17H24N2O4S. The SMILES string of the molecule is CCOC(=O)c1cccc(S(=O)(=O)NC2CCN(C3CC3)CC2)c1. The normalized spacial score (nSPS) is 20.0. The van der Waals surface area contributed by atoms with E-state index < -0.39 is 16.0 Å². The first-order chi connectivity index (χ1) is 11.5. The zero-order chi connectivity index (χ0) is 17.2. The van der Waals surface area contributed by atoms with Crippen molar-refractivity contribution in [2.75, 3.05) is 19.7 Å². The topological polar surface area (TPSA) is 75.7 Å². The van der Waals surface area contributed by atoms with E-state index in [1.807, 2.05) is 0 Å². The summed E-state index contributed by atoms with van der Waals surface area (Å²) in [7, 11) is -3.63. The van der Waals surface area contributed by atoms with Crippen molar-refractivity contribution in [2.45, 2.75) is 49.6 Å². The van der Waals surface area contributed by atoms with Crippen molar-refractivity contribution in [1.82, 2.24) is 9.62 Å². The van der Waals surface area contributed by atoms with Gasteiger partial charge in [0, 0.05) is 12.1 Å². The van der Waals surface area contributed by atoms with Crippen molar-refractivity contribution >= 4 is 16.0 Å². The molecule has 0 unspecified atom stereocenters. The number of piperidine rings is 1. The van der Waals surface area contributed by atoms with Crippen LogP contribution in [0.5, 0.6) is 0 Å². The number of benzene rings is 1. The molecule has 7 heteroatoms. The molecule has 1 N–H and O–H groups in total. The first kappa shape index (κ1) is 17.4. The number of esters is 1. The molecule has 2 fully saturated rings. The standard InChI is InChI=1S/C17H24N2O4S/c1-2-23-17(20)13-4-3-5-16(12-13)24(21,22)18-14-8-10-19(11-9-14)15-6-7-15/h3-5,12,14-15,18H,2,6-11H2,1H3. The van der Waals surface area contributed by atoms with Crippen LogP contribution in [0.25, 0.3) is 0 Å². The van der Waals surface area contributed by atoms with E-state index in [1.54, 1.807) is 19.1 Å². The maximum Gasteiger partial charge on any atom is 0.338 e. The fraction of sp³-hybridized carbons (Fsp3) is 0.588. The fourth-order valence-electron chi connectivity index (χ4n) is 3.11. The average Bonchev–Trinajstić information content (AvgIpc) is 3.41. The molecule has 1 aliphatic heterocycles. The highest BCUT2D eigenvalue weighted by molar-refractivity contribution is 7.89. The molecular weight excluding hydrogens is 328 g/mol. The molecule has 1 saturated heterocycles. The van der Waals surface area contributed by atoms with Crippen LogP contribution in [0.1, 0.15) is 43.0 Å². The van der Waals surface area contributed by atoms with E-state index in [1.165, 1.54) is 25.0 Å². The van der Waals surface area contributed by atoms with Gasteiger partial charge >= 0.3 is 5.97 Å². The molecule has 132 valence electrons. The number of nitrogens with one attached hydrogen (secondary N) is 1. The molecule has 1 heterocycles. The summed E-state index contributed by atoms with van der Waals surface area (Å²) in [5.41, 5.74) is 0.253. The second-order valence-electron chi connectivity index (χ2n) is 6.41. The molecule has 0 spiro atoms. The highest BCUT2D eigenvalue weighted by Crippen LogP contribution is 2.29. The molecule has 0 aromatic heterocycles. The van der Waals surface area contributed by atoms with Gasteiger partial charge in [-0.1, -0.05) is 6.07 Å². The highest BCUT2D eigenvalue weighted by atomic mass is 32.2. The van der Waals surface area contributed by atoms with Crippen LogP contribution in [-0.4, -0.2) is 51.1 Å². The monoisotopic (exact) mass is 352 g/mol. The summed E-state index contributed by atoms with van der Waals surface area (Å²) in [4.78, 5) is 14.3. The molecule has 0 bridgehead atoms. The van der Waals surface area contributed by atoms with Gasteiger partial charge in [0.2, 0.25) is 10.0 Å². The Bertz CT molecular complexity index is 692. The van der Waals surface area contributed by atoms with Gasteiger partial charge in [0.25, 0.3) is 0 Å². The van der Waals surface area contributed by atoms with Crippen LogP contribution < -0.4 is 4.72 Å². The Morgan fingerprint density at radius 2 is 1.96 bits per heavy atom. The van der Waals surface area contributed by atoms with Gasteiger partial charge < -0.3 is 9.64 Å². The summed E-state index contributed by atoms with van der Waals surface area (Å²) in [5.74, 6) is -0.507. The molecule has 0 atom stereocenters. The van der Waals surface area contributed by atoms with E-state index in [2.05, 4.69) is 9.62 Å². The van der Waals surface area contributed by atoms with Crippen molar-refractivity contribution < 1.29 is 17.9 Å². The zero-order valence-electron chi connectivity index (χ0n) is 13.9. The minimum absolute atomic E-state index is 0.0451. The number of carbonyl (C=O) groups excluding carboxylic acids is 1. The first-order valence-electron chi connectivity index (χ1n) is 8.53. The summed E-state index contributed by atoms with van der Waals surface area (Å²) >= 11 is 0. The van der Waals surface area contributed by atoms with Gasteiger partial charge in [0.1, 0.15) is 0 Å². The number of nitrogens with zero attached hydrogens (tertiary/aromatic N) is 1. The van der Waals surface area contributed by atoms with Gasteiger partial charge in [-0.15, -0.1) is 0 Å². The summed E-state index contributed by atoms with van der Waals surface area (Å²) in [6.45, 7) is 3.86. The second-order valence-corrected chi connectivity index (χ2v) is 8.12. The Balaban J connectivity index is 1.64. The number of hydrogen-bond donors (Lipinski definition) is 1. The molecule has 1 saturated carbocycles. The third-order valence-corrected chi connectivity index (χ3v) is 6.09. The predicted octanol–water partition coefficient (Wildman–Crippen LogP) is 1.77. The van der Waals surface area contributed by atoms with Crippen LogP contribution in [0.3, 0.4) is 0 Å². The number of sulfonamides is 1. The zero-order valence-corrected chi connectivity index (χ0v) is 14.7. The maximum atomic E-state index is 12.6. The van der Waals surface area contributed by atoms with E-state index in [-0.39, 0.29) is 23.1 Å². The number of rotatable bonds is 6. The third-order valence-electron chi connectivity index (χ3n) is 4.57. The molecule has 1 aromatic carbocycles. The minimum atomic E-state index is -3.63. The highest BCUT2D eigenvalue weighted by Gasteiger charge is 2.33. The summed E-state index contributed by atoms with van der Waals surface area (Å²) < 4.78 is 32.9. The molecule has 24 heavy (non-hydrogen) atoms. The van der Waals surface area contributed by atoms with Gasteiger partial charge in [-0.05, 0) is 63.9 Å². The molecule has 0 amide bonds. The van der Waals surface area contributed by atoms with Crippen LogP contribution in [0.4, 0.5) is 0 Å². The average molecular weight is 352 g/mol. The second kappa shape index (κ2) is 7.21. The lowest BCUT2D eigenvalue weighted by Gasteiger charge is -2.32. The fourth-order valence-corrected chi connectivity index (χ4v) is 4.46. The molecule has 1 aromatic rings. The Morgan fingerprint density at radius 1 is 1.25 bits per heavy atom. The maximum absolute atomic E-state index is 12.6. The lowest BCUT2D eigenvalue weighted by atomic mass is 10.1. The largest absolute Gasteiger partial charge is 0.462 e. The van der Waals surface area contributed by atoms with Gasteiger partial charge in [-0.25, -0.2) is 17.9 Å². The number of carbonyl (C=O) groups is 1. The van der Waals surface area contributed by atoms with Crippen molar-refractivity contribution in [3.05, 3.63) is 29.8 Å². The predicted molar refractivity (Wildman–Crippen MR) is 90.3 cm³/mol. The Kier molecular flexibility index (Phi) is 5.22. The lowest BCUT2D eigenvalue weighted by molar-refractivity contribution is 0.0526. The molecule has 1 aliphatic carbocycles. The Labute approximate surface area is 143 Å². The number of ether oxygens (including phenoxy) is 1. The quantitative estimate of drug-likeness (QED) is 0.790. The third kappa shape index (κ3) is 4.15. The minimum Gasteiger partial charge on any atom is -0.462 e. The first-order valence-corrected chi connectivity index (χ1v) is 10.0. The number of likely N-dealkylation sites (tertiary alicyclic amines) is 1. The van der Waals surface area contributed by atoms with E-state index in [0.29, 0.717) is 0 Å². The smallest absolute Gasteiger partial charge is 0.338 e. The van der Waals surface area contributed by atoms with E-state index in [4.69, 9.17) is 4.74 Å².